The van der Waals surface area contributed by atoms with Crippen molar-refractivity contribution in [1.29, 1.82) is 0 Å². The topological polar surface area (TPSA) is 79.3 Å². The molecule has 0 spiro atoms. The van der Waals surface area contributed by atoms with E-state index in [2.05, 4.69) is 135 Å². The Labute approximate surface area is 285 Å². The van der Waals surface area contributed by atoms with Gasteiger partial charge in [0, 0.05) is 31.1 Å². The van der Waals surface area contributed by atoms with Crippen molar-refractivity contribution in [2.45, 2.75) is 144 Å². The molecule has 2 aliphatic carbocycles. The van der Waals surface area contributed by atoms with Gasteiger partial charge in [0.05, 0.1) is 11.7 Å². The fourth-order valence-electron chi connectivity index (χ4n) is 8.14. The van der Waals surface area contributed by atoms with Crippen LogP contribution in [0.15, 0.2) is 95.2 Å². The molecule has 5 nitrogen and oxygen atoms in total. The van der Waals surface area contributed by atoms with Crippen molar-refractivity contribution in [2.75, 3.05) is 0 Å². The summed E-state index contributed by atoms with van der Waals surface area (Å²) in [5, 5.41) is 21.5. The Morgan fingerprint density at radius 1 is 0.809 bits per heavy atom. The molecule has 3 fully saturated rings. The number of allylic oxidation sites excluding steroid dienone is 14. The van der Waals surface area contributed by atoms with Gasteiger partial charge in [-0.1, -0.05) is 117 Å². The third kappa shape index (κ3) is 10.1. The van der Waals surface area contributed by atoms with Gasteiger partial charge in [0.15, 0.2) is 0 Å². The third-order valence-corrected chi connectivity index (χ3v) is 10.5. The maximum Gasteiger partial charge on any atom is 0.302 e. The van der Waals surface area contributed by atoms with Crippen LogP contribution in [0.25, 0.3) is 0 Å². The molecule has 3 rings (SSSR count). The first-order valence-corrected chi connectivity index (χ1v) is 17.4. The predicted molar refractivity (Wildman–Crippen MR) is 195 cm³/mol. The van der Waals surface area contributed by atoms with Crippen molar-refractivity contribution in [2.24, 2.45) is 16.7 Å². The molecule has 2 saturated carbocycles. The predicted octanol–water partition coefficient (Wildman–Crippen LogP) is 9.60. The van der Waals surface area contributed by atoms with E-state index >= 15 is 0 Å². The molecule has 0 aromatic heterocycles. The average molecular weight is 647 g/mol. The number of fused-ring (bicyclic) bond motifs is 1. The van der Waals surface area contributed by atoms with E-state index in [1.165, 1.54) is 23.6 Å². The summed E-state index contributed by atoms with van der Waals surface area (Å²) in [6.07, 6.45) is 29.7. The van der Waals surface area contributed by atoms with E-state index in [1.54, 1.807) is 0 Å². The number of carbonyl (C=O) groups excluding carboxylic acids is 1. The molecule has 3 aliphatic rings. The minimum absolute atomic E-state index is 0.0281. The highest BCUT2D eigenvalue weighted by atomic mass is 16.6. The highest BCUT2D eigenvalue weighted by Gasteiger charge is 2.74. The van der Waals surface area contributed by atoms with Gasteiger partial charge in [-0.15, -0.1) is 0 Å². The van der Waals surface area contributed by atoms with Gasteiger partial charge in [0.25, 0.3) is 0 Å². The van der Waals surface area contributed by atoms with Crippen LogP contribution in [0.1, 0.15) is 115 Å². The number of esters is 1. The molecule has 5 heteroatoms. The van der Waals surface area contributed by atoms with Crippen molar-refractivity contribution >= 4 is 5.97 Å². The van der Waals surface area contributed by atoms with Crippen LogP contribution in [0, 0.1) is 16.7 Å². The van der Waals surface area contributed by atoms with Gasteiger partial charge >= 0.3 is 5.97 Å². The number of ether oxygens (including phenoxy) is 2. The van der Waals surface area contributed by atoms with E-state index in [4.69, 9.17) is 9.47 Å². The van der Waals surface area contributed by atoms with Crippen LogP contribution < -0.4 is 0 Å². The Morgan fingerprint density at radius 3 is 2.09 bits per heavy atom. The molecule has 0 bridgehead atoms. The van der Waals surface area contributed by atoms with Crippen LogP contribution in [0.2, 0.25) is 0 Å². The zero-order valence-corrected chi connectivity index (χ0v) is 31.0. The second-order valence-electron chi connectivity index (χ2n) is 16.2. The summed E-state index contributed by atoms with van der Waals surface area (Å²) in [6, 6.07) is 0. The van der Waals surface area contributed by atoms with E-state index in [0.717, 1.165) is 31.3 Å². The Hall–Kier alpha value is -2.73. The molecule has 6 atom stereocenters. The summed E-state index contributed by atoms with van der Waals surface area (Å²) in [5.41, 5.74) is 3.04. The van der Waals surface area contributed by atoms with Crippen LogP contribution in [0.4, 0.5) is 0 Å². The standard InChI is InChI=1S/C42H62O5/c1-30(18-14-20-32(3)22-23-37-38(6,7)28-36(46-34(5)43)29-40(37,10)45)16-12-13-17-31(2)19-15-21-33(4)24-25-42-39(8,9)26-35(44)27-41(42,11)47-42/h12-13,15-17,19-25,35-37,44-45H,14,18,26-29H2,1-11H3/b13-12+,19-15+,23-22?,25-24+,30-16+,31-17+,32-20+,33-21+/t35-,36-,37?,40+,41+,42-/m0/s1. The molecule has 260 valence electrons. The summed E-state index contributed by atoms with van der Waals surface area (Å²) < 4.78 is 11.7. The normalized spacial score (nSPS) is 34.9. The zero-order chi connectivity index (χ0) is 35.3. The maximum atomic E-state index is 11.5. The number of aliphatic hydroxyl groups excluding tert-OH is 1. The molecule has 2 N–H and O–H groups in total. The molecular formula is C42H62O5. The first kappa shape index (κ1) is 38.7. The van der Waals surface area contributed by atoms with Crippen LogP contribution in [0.5, 0.6) is 0 Å². The molecular weight excluding hydrogens is 584 g/mol. The number of epoxide rings is 1. The van der Waals surface area contributed by atoms with Crippen LogP contribution in [-0.4, -0.2) is 45.2 Å². The van der Waals surface area contributed by atoms with Gasteiger partial charge in [0.1, 0.15) is 17.3 Å². The Kier molecular flexibility index (Phi) is 12.5. The van der Waals surface area contributed by atoms with Crippen molar-refractivity contribution in [3.63, 3.8) is 0 Å². The number of carbonyl (C=O) groups is 1. The summed E-state index contributed by atoms with van der Waals surface area (Å²) in [7, 11) is 0. The lowest BCUT2D eigenvalue weighted by atomic mass is 9.61. The largest absolute Gasteiger partial charge is 0.462 e. The highest BCUT2D eigenvalue weighted by molar-refractivity contribution is 5.66. The van der Waals surface area contributed by atoms with Crippen LogP contribution >= 0.6 is 0 Å². The van der Waals surface area contributed by atoms with E-state index in [1.807, 2.05) is 6.92 Å². The minimum atomic E-state index is -0.938. The van der Waals surface area contributed by atoms with E-state index < -0.39 is 5.60 Å². The first-order chi connectivity index (χ1) is 21.7. The van der Waals surface area contributed by atoms with Gasteiger partial charge < -0.3 is 19.7 Å². The summed E-state index contributed by atoms with van der Waals surface area (Å²) in [4.78, 5) is 11.5. The van der Waals surface area contributed by atoms with E-state index in [9.17, 15) is 15.0 Å². The lowest BCUT2D eigenvalue weighted by Gasteiger charge is -2.49. The fourth-order valence-corrected chi connectivity index (χ4v) is 8.14. The molecule has 0 aromatic rings. The quantitative estimate of drug-likeness (QED) is 0.125. The van der Waals surface area contributed by atoms with Crippen molar-refractivity contribution in [3.8, 4) is 0 Å². The van der Waals surface area contributed by atoms with E-state index in [-0.39, 0.29) is 46.1 Å². The van der Waals surface area contributed by atoms with Crippen molar-refractivity contribution in [3.05, 3.63) is 95.2 Å². The van der Waals surface area contributed by atoms with Crippen molar-refractivity contribution < 1.29 is 24.5 Å². The van der Waals surface area contributed by atoms with Crippen molar-refractivity contribution in [1.82, 2.24) is 0 Å². The fraction of sp³-hybridized carbons (Fsp3) is 0.595. The van der Waals surface area contributed by atoms with Crippen LogP contribution in [0.3, 0.4) is 0 Å². The zero-order valence-electron chi connectivity index (χ0n) is 31.0. The first-order valence-electron chi connectivity index (χ1n) is 17.4. The molecule has 1 saturated heterocycles. The molecule has 0 amide bonds. The van der Waals surface area contributed by atoms with Gasteiger partial charge in [-0.25, -0.2) is 0 Å². The van der Waals surface area contributed by atoms with Crippen LogP contribution in [-0.2, 0) is 14.3 Å². The molecule has 1 aliphatic heterocycles. The molecule has 1 heterocycles. The second-order valence-corrected chi connectivity index (χ2v) is 16.2. The molecule has 0 radical (unpaired) electrons. The van der Waals surface area contributed by atoms with Gasteiger partial charge in [-0.2, -0.15) is 0 Å². The Balaban J connectivity index is 1.46. The number of hydrogen-bond acceptors (Lipinski definition) is 5. The lowest BCUT2D eigenvalue weighted by molar-refractivity contribution is -0.163. The monoisotopic (exact) mass is 646 g/mol. The summed E-state index contributed by atoms with van der Waals surface area (Å²) >= 11 is 0. The molecule has 0 aromatic carbocycles. The Morgan fingerprint density at radius 2 is 1.45 bits per heavy atom. The molecule has 1 unspecified atom stereocenters. The van der Waals surface area contributed by atoms with Gasteiger partial charge in [-0.05, 0) is 78.7 Å². The molecule has 47 heavy (non-hydrogen) atoms. The number of aliphatic hydroxyl groups is 2. The second kappa shape index (κ2) is 15.2. The van der Waals surface area contributed by atoms with Gasteiger partial charge in [0.2, 0.25) is 0 Å². The third-order valence-electron chi connectivity index (χ3n) is 10.5. The average Bonchev–Trinajstić information content (AvgIpc) is 3.53. The van der Waals surface area contributed by atoms with Gasteiger partial charge in [-0.3, -0.25) is 4.79 Å². The highest BCUT2D eigenvalue weighted by Crippen LogP contribution is 2.66. The number of hydrogen-bond donors (Lipinski definition) is 2. The lowest BCUT2D eigenvalue weighted by Crippen LogP contribution is -2.51. The number of rotatable bonds is 12. The Bertz CT molecular complexity index is 1360. The smallest absolute Gasteiger partial charge is 0.302 e. The summed E-state index contributed by atoms with van der Waals surface area (Å²) in [6.45, 7) is 22.5. The maximum absolute atomic E-state index is 11.5. The van der Waals surface area contributed by atoms with E-state index in [0.29, 0.717) is 12.8 Å². The summed E-state index contributed by atoms with van der Waals surface area (Å²) in [5.74, 6) is -0.319. The minimum Gasteiger partial charge on any atom is -0.462 e. The SMILES string of the molecule is CC(=O)O[C@H]1CC(C)(C)C(C=C/C(C)=C/CC/C(C)=C/C=C/C=C(C)/C=C/C=C(C)/C=C/[C@@]23O[C@]2(C)C[C@@H](O)CC3(C)C)[C@](C)(O)C1.